The molecule has 1 aromatic heterocycles. The molecule has 1 nitrogen and oxygen atoms in total. The molecule has 0 saturated carbocycles. The second-order valence-electron chi connectivity index (χ2n) is 3.25. The van der Waals surface area contributed by atoms with Crippen molar-refractivity contribution < 1.29 is 0 Å². The third-order valence-corrected chi connectivity index (χ3v) is 2.63. The van der Waals surface area contributed by atoms with E-state index >= 15 is 0 Å². The Kier molecular flexibility index (Phi) is 4.18. The maximum atomic E-state index is 3.98. The molecular weight excluding hydrogens is 321 g/mol. The molecule has 1 aromatic carbocycles. The second-order valence-corrected chi connectivity index (χ2v) is 4.50. The number of halogens is 1. The molecule has 0 spiro atoms. The number of hydrogen-bond donors (Lipinski definition) is 0. The molecule has 80 valence electrons. The fourth-order valence-electron chi connectivity index (χ4n) is 1.21. The Balaban J connectivity index is 2.12. The Morgan fingerprint density at radius 2 is 1.71 bits per heavy atom. The van der Waals surface area contributed by atoms with Gasteiger partial charge in [-0.1, -0.05) is 17.9 Å². The van der Waals surface area contributed by atoms with Crippen molar-refractivity contribution >= 4 is 22.6 Å². The lowest BCUT2D eigenvalue weighted by Gasteiger charge is -1.89. The van der Waals surface area contributed by atoms with Gasteiger partial charge in [-0.2, -0.15) is 0 Å². The van der Waals surface area contributed by atoms with Crippen molar-refractivity contribution in [1.29, 1.82) is 0 Å². The maximum Gasteiger partial charge on any atom is 0.0439 e. The highest BCUT2D eigenvalue weighted by Crippen LogP contribution is 2.05. The van der Waals surface area contributed by atoms with Gasteiger partial charge in [-0.15, -0.1) is 0 Å². The molecular formula is C15H8IN. The van der Waals surface area contributed by atoms with Crippen LogP contribution in [0.3, 0.4) is 0 Å². The van der Waals surface area contributed by atoms with Crippen molar-refractivity contribution in [3.63, 3.8) is 0 Å². The van der Waals surface area contributed by atoms with Crippen LogP contribution in [-0.2, 0) is 0 Å². The van der Waals surface area contributed by atoms with Gasteiger partial charge in [0.15, 0.2) is 0 Å². The van der Waals surface area contributed by atoms with Gasteiger partial charge < -0.3 is 0 Å². The number of nitrogens with zero attached hydrogens (tertiary/aromatic N) is 1. The summed E-state index contributed by atoms with van der Waals surface area (Å²) in [5, 5.41) is 0. The Morgan fingerprint density at radius 3 is 2.41 bits per heavy atom. The molecule has 2 aromatic rings. The van der Waals surface area contributed by atoms with Crippen LogP contribution in [-0.4, -0.2) is 4.98 Å². The van der Waals surface area contributed by atoms with Crippen LogP contribution in [0.5, 0.6) is 0 Å². The lowest BCUT2D eigenvalue weighted by atomic mass is 10.2. The number of rotatable bonds is 0. The van der Waals surface area contributed by atoms with Crippen LogP contribution in [0.4, 0.5) is 0 Å². The van der Waals surface area contributed by atoms with E-state index in [4.69, 9.17) is 0 Å². The molecule has 0 unspecified atom stereocenters. The van der Waals surface area contributed by atoms with E-state index in [-0.39, 0.29) is 0 Å². The van der Waals surface area contributed by atoms with Crippen molar-refractivity contribution in [3.05, 3.63) is 63.5 Å². The van der Waals surface area contributed by atoms with Crippen molar-refractivity contribution in [2.75, 3.05) is 0 Å². The molecule has 2 heteroatoms. The lowest BCUT2D eigenvalue weighted by Crippen LogP contribution is -1.75. The summed E-state index contributed by atoms with van der Waals surface area (Å²) in [4.78, 5) is 3.98. The first-order valence-corrected chi connectivity index (χ1v) is 6.10. The monoisotopic (exact) mass is 329 g/mol. The zero-order valence-corrected chi connectivity index (χ0v) is 11.1. The van der Waals surface area contributed by atoms with E-state index in [1.165, 1.54) is 3.57 Å². The zero-order chi connectivity index (χ0) is 11.9. The fourth-order valence-corrected chi connectivity index (χ4v) is 1.75. The first-order chi connectivity index (χ1) is 8.34. The van der Waals surface area contributed by atoms with Crippen molar-refractivity contribution in [2.24, 2.45) is 0 Å². The first kappa shape index (κ1) is 11.7. The Morgan fingerprint density at radius 1 is 0.941 bits per heavy atom. The molecule has 17 heavy (non-hydrogen) atoms. The van der Waals surface area contributed by atoms with E-state index in [2.05, 4.69) is 51.3 Å². The summed E-state index contributed by atoms with van der Waals surface area (Å²) < 4.78 is 1.18. The van der Waals surface area contributed by atoms with E-state index in [1.807, 2.05) is 36.4 Å². The maximum absolute atomic E-state index is 3.98. The highest BCUT2D eigenvalue weighted by Gasteiger charge is 1.86. The third-order valence-electron chi connectivity index (χ3n) is 1.96. The van der Waals surface area contributed by atoms with E-state index < -0.39 is 0 Å². The third kappa shape index (κ3) is 3.94. The topological polar surface area (TPSA) is 12.9 Å². The number of hydrogen-bond acceptors (Lipinski definition) is 1. The Bertz CT molecular complexity index is 624. The van der Waals surface area contributed by atoms with Crippen molar-refractivity contribution in [3.8, 4) is 23.7 Å². The van der Waals surface area contributed by atoms with Crippen LogP contribution >= 0.6 is 22.6 Å². The smallest absolute Gasteiger partial charge is 0.0439 e. The van der Waals surface area contributed by atoms with Crippen LogP contribution in [0.1, 0.15) is 11.1 Å². The summed E-state index contributed by atoms with van der Waals surface area (Å²) in [6.45, 7) is 0. The van der Waals surface area contributed by atoms with Crippen LogP contribution in [0.2, 0.25) is 0 Å². The predicted octanol–water partition coefficient (Wildman–Crippen LogP) is 3.09. The standard InChI is InChI=1S/C15H8IN/c16-15-9-3-7-13(11-15)5-1-2-6-14-8-4-10-17-12-14/h3-4,7-12H. The predicted molar refractivity (Wildman–Crippen MR) is 77.2 cm³/mol. The highest BCUT2D eigenvalue weighted by molar-refractivity contribution is 14.1. The Labute approximate surface area is 114 Å². The largest absolute Gasteiger partial charge is 0.263 e. The fraction of sp³-hybridized carbons (Fsp3) is 0. The van der Waals surface area contributed by atoms with E-state index in [0.717, 1.165) is 11.1 Å². The van der Waals surface area contributed by atoms with Crippen molar-refractivity contribution in [1.82, 2.24) is 4.98 Å². The van der Waals surface area contributed by atoms with E-state index in [1.54, 1.807) is 12.4 Å². The molecule has 0 aliphatic carbocycles. The molecule has 0 bridgehead atoms. The molecule has 0 aliphatic heterocycles. The lowest BCUT2D eigenvalue weighted by molar-refractivity contribution is 1.31. The van der Waals surface area contributed by atoms with E-state index in [0.29, 0.717) is 0 Å². The summed E-state index contributed by atoms with van der Waals surface area (Å²) in [6, 6.07) is 11.8. The molecule has 0 N–H and O–H groups in total. The van der Waals surface area contributed by atoms with E-state index in [9.17, 15) is 0 Å². The summed E-state index contributed by atoms with van der Waals surface area (Å²) >= 11 is 2.26. The first-order valence-electron chi connectivity index (χ1n) is 5.02. The minimum absolute atomic E-state index is 0.879. The van der Waals surface area contributed by atoms with Crippen LogP contribution in [0, 0.1) is 27.3 Å². The van der Waals surface area contributed by atoms with Gasteiger partial charge in [0.2, 0.25) is 0 Å². The molecule has 0 radical (unpaired) electrons. The summed E-state index contributed by atoms with van der Waals surface area (Å²) in [5.74, 6) is 11.6. The van der Waals surface area contributed by atoms with Gasteiger partial charge in [0.05, 0.1) is 0 Å². The van der Waals surface area contributed by atoms with Gasteiger partial charge >= 0.3 is 0 Å². The van der Waals surface area contributed by atoms with Gasteiger partial charge in [-0.05, 0) is 64.8 Å². The van der Waals surface area contributed by atoms with Gasteiger partial charge in [-0.3, -0.25) is 4.98 Å². The van der Waals surface area contributed by atoms with Gasteiger partial charge in [0, 0.05) is 27.1 Å². The number of benzene rings is 1. The molecule has 1 heterocycles. The average Bonchev–Trinajstić information content (AvgIpc) is 2.36. The van der Waals surface area contributed by atoms with Gasteiger partial charge in [0.25, 0.3) is 0 Å². The molecule has 0 fully saturated rings. The molecule has 2 rings (SSSR count). The van der Waals surface area contributed by atoms with Crippen LogP contribution < -0.4 is 0 Å². The minimum atomic E-state index is 0.879. The number of pyridine rings is 1. The summed E-state index contributed by atoms with van der Waals surface area (Å²) in [7, 11) is 0. The van der Waals surface area contributed by atoms with Crippen LogP contribution in [0.15, 0.2) is 48.8 Å². The van der Waals surface area contributed by atoms with Crippen molar-refractivity contribution in [2.45, 2.75) is 0 Å². The normalized spacial score (nSPS) is 8.53. The van der Waals surface area contributed by atoms with Gasteiger partial charge in [0.1, 0.15) is 0 Å². The second kappa shape index (κ2) is 6.08. The highest BCUT2D eigenvalue weighted by atomic mass is 127. The summed E-state index contributed by atoms with van der Waals surface area (Å²) in [6.07, 6.45) is 3.45. The van der Waals surface area contributed by atoms with Gasteiger partial charge in [-0.25, -0.2) is 0 Å². The quantitative estimate of drug-likeness (QED) is 0.535. The molecule has 0 saturated heterocycles. The Hall–Kier alpha value is -1.78. The molecule has 0 aliphatic rings. The molecule has 0 amide bonds. The SMILES string of the molecule is Ic1cccc(C#CC#Cc2cccnc2)c1. The van der Waals surface area contributed by atoms with Crippen LogP contribution in [0.25, 0.3) is 0 Å². The summed E-state index contributed by atoms with van der Waals surface area (Å²) in [5.41, 5.74) is 1.86. The average molecular weight is 329 g/mol. The number of aromatic nitrogens is 1. The zero-order valence-electron chi connectivity index (χ0n) is 8.94. The molecule has 0 atom stereocenters. The minimum Gasteiger partial charge on any atom is -0.263 e.